The van der Waals surface area contributed by atoms with Crippen molar-refractivity contribution in [2.75, 3.05) is 39.4 Å². The van der Waals surface area contributed by atoms with Gasteiger partial charge in [0.1, 0.15) is 11.6 Å². The molecule has 2 atom stereocenters. The van der Waals surface area contributed by atoms with Crippen molar-refractivity contribution in [3.05, 3.63) is 29.7 Å². The van der Waals surface area contributed by atoms with E-state index in [1.54, 1.807) is 25.3 Å². The normalized spacial score (nSPS) is 20.8. The molecule has 2 amide bonds. The summed E-state index contributed by atoms with van der Waals surface area (Å²) in [7, 11) is -3.81. The second-order valence-electron chi connectivity index (χ2n) is 10.1. The lowest BCUT2D eigenvalue weighted by Gasteiger charge is -2.31. The van der Waals surface area contributed by atoms with Crippen LogP contribution in [0.2, 0.25) is 0 Å². The van der Waals surface area contributed by atoms with E-state index in [0.29, 0.717) is 49.1 Å². The van der Waals surface area contributed by atoms with Gasteiger partial charge in [0.25, 0.3) is 16.1 Å². The van der Waals surface area contributed by atoms with Crippen LogP contribution >= 0.6 is 0 Å². The lowest BCUT2D eigenvalue weighted by Crippen LogP contribution is -2.53. The molecular weight excluding hydrogens is 514 g/mol. The first kappa shape index (κ1) is 28.1. The van der Waals surface area contributed by atoms with Crippen LogP contribution in [0.25, 0.3) is 11.1 Å². The lowest BCUT2D eigenvalue weighted by molar-refractivity contribution is -0.129. The third-order valence-electron chi connectivity index (χ3n) is 6.77. The largest absolute Gasteiger partial charge is 0.449 e. The summed E-state index contributed by atoms with van der Waals surface area (Å²) >= 11 is 0. The molecule has 0 radical (unpaired) electrons. The number of aromatic nitrogens is 1. The fraction of sp³-hybridized carbons (Fsp3) is 0.600. The molecule has 208 valence electrons. The summed E-state index contributed by atoms with van der Waals surface area (Å²) in [5.74, 6) is -1.28. The molecule has 0 aromatic carbocycles. The summed E-state index contributed by atoms with van der Waals surface area (Å²) in [6, 6.07) is 1.66. The highest BCUT2D eigenvalue weighted by Gasteiger charge is 2.37. The molecule has 2 aromatic heterocycles. The standard InChI is InChI=1S/C25H35N5O7S/c1-16(2)14-19(28-25(33)23-17(3)22-21(37-23)7-4-8-26-22)24(32)27-18-6-5-9-30(15-20(18)31)38(34,35)29-10-12-36-13-11-29/h4,7-8,16,18-19H,5-6,9-15H2,1-3H3,(H,27,32)(H,28,33)/t18-,19+/m1/s1. The number of furan rings is 1. The molecule has 13 heteroatoms. The number of nitrogens with zero attached hydrogens (tertiary/aromatic N) is 3. The SMILES string of the molecule is Cc1c(C(=O)N[C@@H](CC(C)C)C(=O)N[C@@H]2CCCN(S(=O)(=O)N3CCOCC3)CC2=O)oc2cccnc12. The average molecular weight is 550 g/mol. The van der Waals surface area contributed by atoms with E-state index in [-0.39, 0.29) is 43.6 Å². The fourth-order valence-electron chi connectivity index (χ4n) is 4.75. The summed E-state index contributed by atoms with van der Waals surface area (Å²) in [5.41, 5.74) is 1.62. The fourth-order valence-corrected chi connectivity index (χ4v) is 6.34. The minimum Gasteiger partial charge on any atom is -0.449 e. The van der Waals surface area contributed by atoms with E-state index in [1.165, 1.54) is 8.61 Å². The predicted molar refractivity (Wildman–Crippen MR) is 139 cm³/mol. The summed E-state index contributed by atoms with van der Waals surface area (Å²) in [5, 5.41) is 5.52. The Bertz CT molecular complexity index is 1290. The molecular formula is C25H35N5O7S. The monoisotopic (exact) mass is 549 g/mol. The van der Waals surface area contributed by atoms with Crippen LogP contribution in [0.3, 0.4) is 0 Å². The summed E-state index contributed by atoms with van der Waals surface area (Å²) in [6.45, 7) is 6.54. The van der Waals surface area contributed by atoms with Gasteiger partial charge in [0.15, 0.2) is 17.1 Å². The van der Waals surface area contributed by atoms with Gasteiger partial charge in [-0.1, -0.05) is 13.8 Å². The highest BCUT2D eigenvalue weighted by molar-refractivity contribution is 7.86. The van der Waals surface area contributed by atoms with Crippen LogP contribution in [0.1, 0.15) is 49.2 Å². The summed E-state index contributed by atoms with van der Waals surface area (Å²) in [4.78, 5) is 43.7. The van der Waals surface area contributed by atoms with Crippen molar-refractivity contribution in [3.63, 3.8) is 0 Å². The average Bonchev–Trinajstić information content (AvgIpc) is 3.11. The van der Waals surface area contributed by atoms with Gasteiger partial charge in [-0.3, -0.25) is 19.4 Å². The minimum atomic E-state index is -3.81. The Balaban J connectivity index is 1.43. The summed E-state index contributed by atoms with van der Waals surface area (Å²) < 4.78 is 39.5. The van der Waals surface area contributed by atoms with Crippen LogP contribution in [0.15, 0.2) is 22.7 Å². The highest BCUT2D eigenvalue weighted by Crippen LogP contribution is 2.23. The van der Waals surface area contributed by atoms with Gasteiger partial charge in [-0.05, 0) is 44.2 Å². The maximum absolute atomic E-state index is 13.3. The van der Waals surface area contributed by atoms with Gasteiger partial charge in [-0.2, -0.15) is 17.0 Å². The van der Waals surface area contributed by atoms with Crippen LogP contribution in [0.5, 0.6) is 0 Å². The molecule has 0 bridgehead atoms. The maximum Gasteiger partial charge on any atom is 0.288 e. The number of fused-ring (bicyclic) bond motifs is 1. The van der Waals surface area contributed by atoms with Gasteiger partial charge in [0.2, 0.25) is 5.91 Å². The Labute approximate surface area is 222 Å². The number of rotatable bonds is 8. The van der Waals surface area contributed by atoms with E-state index >= 15 is 0 Å². The topological polar surface area (TPSA) is 151 Å². The number of Topliss-reactive ketones (excluding diaryl/α,β-unsaturated/α-hetero) is 1. The zero-order valence-corrected chi connectivity index (χ0v) is 22.8. The quantitative estimate of drug-likeness (QED) is 0.495. The number of hydrogen-bond acceptors (Lipinski definition) is 8. The first-order chi connectivity index (χ1) is 18.1. The molecule has 0 aliphatic carbocycles. The molecule has 2 aromatic rings. The van der Waals surface area contributed by atoms with E-state index in [4.69, 9.17) is 9.15 Å². The summed E-state index contributed by atoms with van der Waals surface area (Å²) in [6.07, 6.45) is 2.66. The van der Waals surface area contributed by atoms with Crippen LogP contribution < -0.4 is 10.6 Å². The number of morpholine rings is 1. The smallest absolute Gasteiger partial charge is 0.288 e. The Morgan fingerprint density at radius 2 is 1.92 bits per heavy atom. The van der Waals surface area contributed by atoms with Crippen molar-refractivity contribution in [1.82, 2.24) is 24.2 Å². The van der Waals surface area contributed by atoms with E-state index in [1.807, 2.05) is 13.8 Å². The van der Waals surface area contributed by atoms with Crippen LogP contribution in [-0.2, 0) is 24.5 Å². The third kappa shape index (κ3) is 6.22. The predicted octanol–water partition coefficient (Wildman–Crippen LogP) is 1.01. The molecule has 38 heavy (non-hydrogen) atoms. The number of hydrogen-bond donors (Lipinski definition) is 2. The number of carbonyl (C=O) groups is 3. The van der Waals surface area contributed by atoms with Crippen molar-refractivity contribution >= 4 is 38.9 Å². The van der Waals surface area contributed by atoms with Crippen molar-refractivity contribution in [2.24, 2.45) is 5.92 Å². The highest BCUT2D eigenvalue weighted by atomic mass is 32.2. The van der Waals surface area contributed by atoms with Crippen LogP contribution in [0.4, 0.5) is 0 Å². The Morgan fingerprint density at radius 3 is 2.61 bits per heavy atom. The Hall–Kier alpha value is -2.87. The van der Waals surface area contributed by atoms with Gasteiger partial charge < -0.3 is 19.8 Å². The molecule has 2 fully saturated rings. The minimum absolute atomic E-state index is 0.0727. The Kier molecular flexibility index (Phi) is 8.81. The molecule has 2 N–H and O–H groups in total. The maximum atomic E-state index is 13.3. The van der Waals surface area contributed by atoms with Crippen molar-refractivity contribution in [2.45, 2.75) is 52.1 Å². The number of ether oxygens (including phenoxy) is 1. The number of pyridine rings is 1. The van der Waals surface area contributed by atoms with E-state index in [9.17, 15) is 22.8 Å². The zero-order valence-electron chi connectivity index (χ0n) is 21.9. The molecule has 2 saturated heterocycles. The second-order valence-corrected chi connectivity index (χ2v) is 12.0. The van der Waals surface area contributed by atoms with Gasteiger partial charge >= 0.3 is 0 Å². The van der Waals surface area contributed by atoms with E-state index in [2.05, 4.69) is 15.6 Å². The van der Waals surface area contributed by atoms with Gasteiger partial charge in [0, 0.05) is 31.4 Å². The van der Waals surface area contributed by atoms with Gasteiger partial charge in [0.05, 0.1) is 25.8 Å². The third-order valence-corrected chi connectivity index (χ3v) is 8.76. The van der Waals surface area contributed by atoms with Crippen molar-refractivity contribution in [1.29, 1.82) is 0 Å². The molecule has 0 spiro atoms. The molecule has 2 aliphatic heterocycles. The first-order valence-electron chi connectivity index (χ1n) is 12.9. The second kappa shape index (κ2) is 11.9. The van der Waals surface area contributed by atoms with Crippen LogP contribution in [-0.4, -0.2) is 91.1 Å². The number of carbonyl (C=O) groups excluding carboxylic acids is 3. The Morgan fingerprint density at radius 1 is 1.18 bits per heavy atom. The molecule has 2 aliphatic rings. The molecule has 4 heterocycles. The van der Waals surface area contributed by atoms with Crippen molar-refractivity contribution < 1.29 is 32.0 Å². The number of aryl methyl sites for hydroxylation is 1. The lowest BCUT2D eigenvalue weighted by atomic mass is 10.0. The first-order valence-corrected chi connectivity index (χ1v) is 14.3. The van der Waals surface area contributed by atoms with Gasteiger partial charge in [-0.15, -0.1) is 0 Å². The van der Waals surface area contributed by atoms with Crippen molar-refractivity contribution in [3.8, 4) is 0 Å². The van der Waals surface area contributed by atoms with Crippen LogP contribution in [0, 0.1) is 12.8 Å². The molecule has 12 nitrogen and oxygen atoms in total. The van der Waals surface area contributed by atoms with Gasteiger partial charge in [-0.25, -0.2) is 0 Å². The number of ketones is 1. The van der Waals surface area contributed by atoms with E-state index < -0.39 is 34.1 Å². The number of nitrogens with one attached hydrogen (secondary N) is 2. The number of amides is 2. The molecule has 0 saturated carbocycles. The molecule has 0 unspecified atom stereocenters. The zero-order chi connectivity index (χ0) is 27.4. The molecule has 4 rings (SSSR count). The van der Waals surface area contributed by atoms with E-state index in [0.717, 1.165) is 0 Å².